The Morgan fingerprint density at radius 2 is 1.83 bits per heavy atom. The smallest absolute Gasteiger partial charge is 0.119 e. The standard InChI is InChI=1S/C20H25NO2/c1-23-19-9-5-8-17(14-19)20(22)12-10-18(11-13-20)21-15-16-6-3-2-4-7-16/h2-9,14,18,21-22H,10-13,15H2,1H3. The van der Waals surface area contributed by atoms with E-state index in [9.17, 15) is 5.11 Å². The summed E-state index contributed by atoms with van der Waals surface area (Å²) in [6.07, 6.45) is 3.54. The zero-order valence-electron chi connectivity index (χ0n) is 13.7. The number of benzene rings is 2. The van der Waals surface area contributed by atoms with Crippen molar-refractivity contribution in [2.75, 3.05) is 7.11 Å². The van der Waals surface area contributed by atoms with Gasteiger partial charge in [-0.3, -0.25) is 0 Å². The van der Waals surface area contributed by atoms with E-state index in [1.165, 1.54) is 5.56 Å². The van der Waals surface area contributed by atoms with E-state index in [4.69, 9.17) is 4.74 Å². The van der Waals surface area contributed by atoms with Crippen LogP contribution in [0.25, 0.3) is 0 Å². The van der Waals surface area contributed by atoms with Crippen molar-refractivity contribution in [3.63, 3.8) is 0 Å². The third-order valence-corrected chi connectivity index (χ3v) is 4.86. The first-order valence-corrected chi connectivity index (χ1v) is 8.34. The quantitative estimate of drug-likeness (QED) is 0.886. The number of methoxy groups -OCH3 is 1. The van der Waals surface area contributed by atoms with E-state index in [2.05, 4.69) is 29.6 Å². The summed E-state index contributed by atoms with van der Waals surface area (Å²) in [4.78, 5) is 0. The number of hydrogen-bond donors (Lipinski definition) is 2. The lowest BCUT2D eigenvalue weighted by atomic mass is 9.77. The molecule has 2 aromatic rings. The number of rotatable bonds is 5. The molecule has 1 fully saturated rings. The van der Waals surface area contributed by atoms with Gasteiger partial charge in [0.05, 0.1) is 12.7 Å². The molecule has 1 aliphatic carbocycles. The predicted molar refractivity (Wildman–Crippen MR) is 92.4 cm³/mol. The molecule has 122 valence electrons. The van der Waals surface area contributed by atoms with Gasteiger partial charge in [-0.1, -0.05) is 42.5 Å². The summed E-state index contributed by atoms with van der Waals surface area (Å²) in [7, 11) is 1.66. The fraction of sp³-hybridized carbons (Fsp3) is 0.400. The van der Waals surface area contributed by atoms with Gasteiger partial charge in [0.15, 0.2) is 0 Å². The molecule has 1 aliphatic rings. The van der Waals surface area contributed by atoms with Crippen molar-refractivity contribution in [2.45, 2.75) is 43.9 Å². The number of aliphatic hydroxyl groups is 1. The average Bonchev–Trinajstić information content (AvgIpc) is 2.62. The molecule has 0 heterocycles. The van der Waals surface area contributed by atoms with Crippen LogP contribution >= 0.6 is 0 Å². The highest BCUT2D eigenvalue weighted by atomic mass is 16.5. The molecule has 0 saturated heterocycles. The first-order valence-electron chi connectivity index (χ1n) is 8.34. The fourth-order valence-corrected chi connectivity index (χ4v) is 3.36. The molecule has 1 saturated carbocycles. The monoisotopic (exact) mass is 311 g/mol. The van der Waals surface area contributed by atoms with Crippen molar-refractivity contribution >= 4 is 0 Å². The Bertz CT molecular complexity index is 619. The van der Waals surface area contributed by atoms with E-state index in [-0.39, 0.29) is 0 Å². The van der Waals surface area contributed by atoms with Gasteiger partial charge < -0.3 is 15.2 Å². The highest BCUT2D eigenvalue weighted by molar-refractivity contribution is 5.32. The summed E-state index contributed by atoms with van der Waals surface area (Å²) < 4.78 is 5.28. The second-order valence-electron chi connectivity index (χ2n) is 6.40. The molecule has 0 amide bonds. The van der Waals surface area contributed by atoms with Crippen LogP contribution in [0.1, 0.15) is 36.8 Å². The molecule has 23 heavy (non-hydrogen) atoms. The lowest BCUT2D eigenvalue weighted by Gasteiger charge is -2.37. The summed E-state index contributed by atoms with van der Waals surface area (Å²) in [6, 6.07) is 18.8. The summed E-state index contributed by atoms with van der Waals surface area (Å²) in [5.41, 5.74) is 1.55. The van der Waals surface area contributed by atoms with E-state index in [0.29, 0.717) is 6.04 Å². The van der Waals surface area contributed by atoms with Crippen LogP contribution in [0.3, 0.4) is 0 Å². The minimum atomic E-state index is -0.723. The van der Waals surface area contributed by atoms with Gasteiger partial charge in [0.25, 0.3) is 0 Å². The molecule has 0 bridgehead atoms. The number of nitrogens with one attached hydrogen (secondary N) is 1. The van der Waals surface area contributed by atoms with Gasteiger partial charge in [-0.2, -0.15) is 0 Å². The third kappa shape index (κ3) is 3.92. The van der Waals surface area contributed by atoms with Gasteiger partial charge in [-0.25, -0.2) is 0 Å². The molecule has 0 aromatic heterocycles. The SMILES string of the molecule is COc1cccc(C2(O)CCC(NCc3ccccc3)CC2)c1. The summed E-state index contributed by atoms with van der Waals surface area (Å²) in [6.45, 7) is 0.892. The Balaban J connectivity index is 1.56. The third-order valence-electron chi connectivity index (χ3n) is 4.86. The molecule has 0 unspecified atom stereocenters. The van der Waals surface area contributed by atoms with Gasteiger partial charge in [-0.15, -0.1) is 0 Å². The first kappa shape index (κ1) is 16.0. The van der Waals surface area contributed by atoms with Crippen LogP contribution in [0, 0.1) is 0 Å². The summed E-state index contributed by atoms with van der Waals surface area (Å²) >= 11 is 0. The molecule has 3 nitrogen and oxygen atoms in total. The number of hydrogen-bond acceptors (Lipinski definition) is 3. The predicted octanol–water partition coefficient (Wildman–Crippen LogP) is 3.62. The minimum absolute atomic E-state index is 0.473. The topological polar surface area (TPSA) is 41.5 Å². The zero-order chi connectivity index (χ0) is 16.1. The van der Waals surface area contributed by atoms with Crippen LogP contribution in [0.2, 0.25) is 0 Å². The molecule has 3 heteroatoms. The maximum Gasteiger partial charge on any atom is 0.119 e. The van der Waals surface area contributed by atoms with Gasteiger partial charge in [0.2, 0.25) is 0 Å². The van der Waals surface area contributed by atoms with Crippen LogP contribution in [-0.4, -0.2) is 18.3 Å². The van der Waals surface area contributed by atoms with Crippen molar-refractivity contribution in [2.24, 2.45) is 0 Å². The summed E-state index contributed by atoms with van der Waals surface area (Å²) in [5.74, 6) is 0.806. The van der Waals surface area contributed by atoms with Gasteiger partial charge in [0.1, 0.15) is 5.75 Å². The Labute approximate surface area is 138 Å². The first-order chi connectivity index (χ1) is 11.2. The molecule has 0 spiro atoms. The lowest BCUT2D eigenvalue weighted by molar-refractivity contribution is -0.00862. The number of ether oxygens (including phenoxy) is 1. The van der Waals surface area contributed by atoms with E-state index in [1.54, 1.807) is 7.11 Å². The highest BCUT2D eigenvalue weighted by Gasteiger charge is 2.34. The van der Waals surface area contributed by atoms with Crippen molar-refractivity contribution in [3.05, 3.63) is 65.7 Å². The largest absolute Gasteiger partial charge is 0.497 e. The normalized spacial score (nSPS) is 24.3. The zero-order valence-corrected chi connectivity index (χ0v) is 13.7. The Morgan fingerprint density at radius 1 is 1.09 bits per heavy atom. The molecule has 3 rings (SSSR count). The van der Waals surface area contributed by atoms with Gasteiger partial charge >= 0.3 is 0 Å². The second-order valence-corrected chi connectivity index (χ2v) is 6.40. The molecule has 0 radical (unpaired) electrons. The Morgan fingerprint density at radius 3 is 2.52 bits per heavy atom. The second kappa shape index (κ2) is 7.16. The van der Waals surface area contributed by atoms with Crippen molar-refractivity contribution in [3.8, 4) is 5.75 Å². The average molecular weight is 311 g/mol. The van der Waals surface area contributed by atoms with Crippen molar-refractivity contribution < 1.29 is 9.84 Å². The fourth-order valence-electron chi connectivity index (χ4n) is 3.36. The van der Waals surface area contributed by atoms with Crippen LogP contribution in [-0.2, 0) is 12.1 Å². The van der Waals surface area contributed by atoms with Crippen molar-refractivity contribution in [1.82, 2.24) is 5.32 Å². The molecular weight excluding hydrogens is 286 g/mol. The molecule has 2 N–H and O–H groups in total. The van der Waals surface area contributed by atoms with E-state index in [1.807, 2.05) is 30.3 Å². The van der Waals surface area contributed by atoms with Gasteiger partial charge in [0, 0.05) is 12.6 Å². The van der Waals surface area contributed by atoms with E-state index >= 15 is 0 Å². The Kier molecular flexibility index (Phi) is 4.99. The van der Waals surface area contributed by atoms with Crippen LogP contribution < -0.4 is 10.1 Å². The Hall–Kier alpha value is -1.84. The van der Waals surface area contributed by atoms with E-state index in [0.717, 1.165) is 43.5 Å². The highest BCUT2D eigenvalue weighted by Crippen LogP contribution is 2.38. The molecule has 2 aromatic carbocycles. The van der Waals surface area contributed by atoms with Crippen LogP contribution in [0.5, 0.6) is 5.75 Å². The molecule has 0 aliphatic heterocycles. The summed E-state index contributed by atoms with van der Waals surface area (Å²) in [5, 5.41) is 14.6. The minimum Gasteiger partial charge on any atom is -0.497 e. The van der Waals surface area contributed by atoms with Crippen molar-refractivity contribution in [1.29, 1.82) is 0 Å². The lowest BCUT2D eigenvalue weighted by Crippen LogP contribution is -2.39. The maximum absolute atomic E-state index is 11.0. The molecule has 0 atom stereocenters. The van der Waals surface area contributed by atoms with Crippen LogP contribution in [0.15, 0.2) is 54.6 Å². The maximum atomic E-state index is 11.0. The van der Waals surface area contributed by atoms with E-state index < -0.39 is 5.60 Å². The van der Waals surface area contributed by atoms with Gasteiger partial charge in [-0.05, 0) is 48.9 Å². The molecular formula is C20H25NO2. The van der Waals surface area contributed by atoms with Crippen LogP contribution in [0.4, 0.5) is 0 Å².